The van der Waals surface area contributed by atoms with E-state index in [0.29, 0.717) is 5.88 Å². The van der Waals surface area contributed by atoms with Crippen molar-refractivity contribution in [2.45, 2.75) is 91.0 Å². The molecule has 2 aromatic rings. The Morgan fingerprint density at radius 2 is 1.59 bits per heavy atom. The largest absolute Gasteiger partial charge is 1.00 e. The molecule has 2 nitrogen and oxygen atoms in total. The van der Waals surface area contributed by atoms with Gasteiger partial charge in [-0.25, -0.2) is 9.55 Å². The predicted molar refractivity (Wildman–Crippen MR) is 112 cm³/mol. The first kappa shape index (κ1) is 24.0. The molecule has 0 fully saturated rings. The summed E-state index contributed by atoms with van der Waals surface area (Å²) in [5.41, 5.74) is 6.96. The van der Waals surface area contributed by atoms with E-state index in [-0.39, 0.29) is 17.8 Å². The number of alkyl halides is 1. The van der Waals surface area contributed by atoms with Crippen LogP contribution in [0.15, 0.2) is 24.5 Å². The molecule has 0 aliphatic rings. The zero-order valence-corrected chi connectivity index (χ0v) is 19.2. The van der Waals surface area contributed by atoms with Crippen molar-refractivity contribution in [1.82, 2.24) is 4.98 Å². The fraction of sp³-hybridized carbons (Fsp3) is 0.609. The van der Waals surface area contributed by atoms with Crippen molar-refractivity contribution in [3.63, 3.8) is 0 Å². The number of nitrogens with zero attached hydrogens (tertiary/aromatic N) is 1. The van der Waals surface area contributed by atoms with E-state index >= 15 is 0 Å². The zero-order valence-electron chi connectivity index (χ0n) is 17.7. The maximum Gasteiger partial charge on any atom is 0.242 e. The van der Waals surface area contributed by atoms with Crippen LogP contribution in [0.1, 0.15) is 88.4 Å². The number of hydrogen-bond donors (Lipinski definition) is 1. The zero-order chi connectivity index (χ0) is 19.2. The van der Waals surface area contributed by atoms with E-state index < -0.39 is 0 Å². The molecule has 0 spiro atoms. The number of imidazole rings is 1. The lowest BCUT2D eigenvalue weighted by Gasteiger charge is -2.21. The number of aryl methyl sites for hydroxylation is 1. The minimum atomic E-state index is 0. The molecule has 0 unspecified atom stereocenters. The Morgan fingerprint density at radius 3 is 2.19 bits per heavy atom. The summed E-state index contributed by atoms with van der Waals surface area (Å²) in [6.07, 6.45) is 9.42. The van der Waals surface area contributed by atoms with Crippen LogP contribution < -0.4 is 17.0 Å². The molecule has 0 atom stereocenters. The smallest absolute Gasteiger partial charge is 0.242 e. The number of benzene rings is 1. The van der Waals surface area contributed by atoms with Gasteiger partial charge in [-0.05, 0) is 34.9 Å². The fourth-order valence-corrected chi connectivity index (χ4v) is 3.56. The highest BCUT2D eigenvalue weighted by Gasteiger charge is 2.19. The molecule has 0 aliphatic carbocycles. The standard InChI is InChI=1S/C23H35ClN2.ClH/c1-6-8-10-21-22(11-9-7-2)26(17-25-21)16-19-12-18(15-24)13-20(14-19)23(3,4)5;/h12-14,17H,6-11,15-16H2,1-5H3;1H. The van der Waals surface area contributed by atoms with Crippen LogP contribution in [-0.2, 0) is 30.7 Å². The lowest BCUT2D eigenvalue weighted by molar-refractivity contribution is -0.694. The van der Waals surface area contributed by atoms with Crippen LogP contribution in [-0.4, -0.2) is 4.98 Å². The molecule has 152 valence electrons. The Bertz CT molecular complexity index is 699. The van der Waals surface area contributed by atoms with Crippen molar-refractivity contribution in [3.05, 3.63) is 52.6 Å². The van der Waals surface area contributed by atoms with Gasteiger partial charge in [0, 0.05) is 18.7 Å². The van der Waals surface area contributed by atoms with Gasteiger partial charge < -0.3 is 12.4 Å². The molecule has 2 rings (SSSR count). The topological polar surface area (TPSA) is 19.7 Å². The number of aromatic nitrogens is 2. The third kappa shape index (κ3) is 6.84. The molecule has 1 heterocycles. The highest BCUT2D eigenvalue weighted by atomic mass is 35.5. The second-order valence-electron chi connectivity index (χ2n) is 8.46. The Morgan fingerprint density at radius 1 is 0.963 bits per heavy atom. The van der Waals surface area contributed by atoms with E-state index in [0.717, 1.165) is 19.4 Å². The van der Waals surface area contributed by atoms with Gasteiger partial charge in [0.1, 0.15) is 17.9 Å². The molecule has 27 heavy (non-hydrogen) atoms. The average molecular weight is 411 g/mol. The van der Waals surface area contributed by atoms with Gasteiger partial charge in [0.05, 0.1) is 0 Å². The number of rotatable bonds is 9. The minimum absolute atomic E-state index is 0. The monoisotopic (exact) mass is 410 g/mol. The molecule has 1 N–H and O–H groups in total. The first-order valence-corrected chi connectivity index (χ1v) is 10.7. The van der Waals surface area contributed by atoms with Crippen molar-refractivity contribution >= 4 is 11.6 Å². The SMILES string of the molecule is CCCCc1[nH]c[n+](Cc2cc(CCl)cc(C(C)(C)C)c2)c1CCCC.[Cl-]. The van der Waals surface area contributed by atoms with E-state index in [1.807, 2.05) is 0 Å². The predicted octanol–water partition coefficient (Wildman–Crippen LogP) is 3.08. The first-order chi connectivity index (χ1) is 12.4. The summed E-state index contributed by atoms with van der Waals surface area (Å²) in [5.74, 6) is 0.569. The molecule has 0 bridgehead atoms. The number of halogens is 2. The summed E-state index contributed by atoms with van der Waals surface area (Å²) < 4.78 is 2.42. The van der Waals surface area contributed by atoms with E-state index in [4.69, 9.17) is 11.6 Å². The summed E-state index contributed by atoms with van der Waals surface area (Å²) in [6, 6.07) is 6.87. The van der Waals surface area contributed by atoms with E-state index in [9.17, 15) is 0 Å². The Hall–Kier alpha value is -0.990. The third-order valence-corrected chi connectivity index (χ3v) is 5.37. The summed E-state index contributed by atoms with van der Waals surface area (Å²) >= 11 is 6.17. The van der Waals surface area contributed by atoms with Crippen LogP contribution in [0.2, 0.25) is 0 Å². The summed E-state index contributed by atoms with van der Waals surface area (Å²) in [5, 5.41) is 0. The van der Waals surface area contributed by atoms with Gasteiger partial charge in [-0.1, -0.05) is 65.7 Å². The van der Waals surface area contributed by atoms with Crippen molar-refractivity contribution in [3.8, 4) is 0 Å². The summed E-state index contributed by atoms with van der Waals surface area (Å²) in [4.78, 5) is 3.55. The number of H-pyrrole nitrogens is 1. The molecule has 0 saturated heterocycles. The van der Waals surface area contributed by atoms with Gasteiger partial charge in [0.25, 0.3) is 0 Å². The van der Waals surface area contributed by atoms with Crippen molar-refractivity contribution in [2.75, 3.05) is 0 Å². The second-order valence-corrected chi connectivity index (χ2v) is 8.72. The average Bonchev–Trinajstić information content (AvgIpc) is 2.98. The third-order valence-electron chi connectivity index (χ3n) is 5.06. The normalized spacial score (nSPS) is 11.5. The molecule has 0 aliphatic heterocycles. The lowest BCUT2D eigenvalue weighted by Crippen LogP contribution is -3.00. The van der Waals surface area contributed by atoms with Crippen LogP contribution in [0.5, 0.6) is 0 Å². The molecule has 1 aromatic carbocycles. The Balaban J connectivity index is 0.00000364. The van der Waals surface area contributed by atoms with Crippen LogP contribution in [0, 0.1) is 0 Å². The van der Waals surface area contributed by atoms with E-state index in [1.54, 1.807) is 0 Å². The van der Waals surface area contributed by atoms with Gasteiger partial charge in [-0.15, -0.1) is 11.6 Å². The number of nitrogens with one attached hydrogen (secondary N) is 1. The van der Waals surface area contributed by atoms with Crippen LogP contribution >= 0.6 is 11.6 Å². The Kier molecular flexibility index (Phi) is 9.90. The quantitative estimate of drug-likeness (QED) is 0.483. The molecule has 0 saturated carbocycles. The number of hydrogen-bond acceptors (Lipinski definition) is 0. The van der Waals surface area contributed by atoms with Gasteiger partial charge in [0.15, 0.2) is 0 Å². The lowest BCUT2D eigenvalue weighted by atomic mass is 9.85. The number of aromatic amines is 1. The first-order valence-electron chi connectivity index (χ1n) is 10.2. The maximum atomic E-state index is 6.17. The second kappa shape index (κ2) is 11.1. The molecule has 1 aromatic heterocycles. The van der Waals surface area contributed by atoms with Crippen LogP contribution in [0.25, 0.3) is 0 Å². The highest BCUT2D eigenvalue weighted by Crippen LogP contribution is 2.25. The molecule has 4 heteroatoms. The summed E-state index contributed by atoms with van der Waals surface area (Å²) in [7, 11) is 0. The van der Waals surface area contributed by atoms with Crippen LogP contribution in [0.3, 0.4) is 0 Å². The number of unbranched alkanes of at least 4 members (excludes halogenated alkanes) is 2. The van der Waals surface area contributed by atoms with Crippen molar-refractivity contribution in [1.29, 1.82) is 0 Å². The maximum absolute atomic E-state index is 6.17. The van der Waals surface area contributed by atoms with Crippen molar-refractivity contribution in [2.24, 2.45) is 0 Å². The molecule has 0 radical (unpaired) electrons. The highest BCUT2D eigenvalue weighted by molar-refractivity contribution is 6.17. The fourth-order valence-electron chi connectivity index (χ4n) is 3.40. The van der Waals surface area contributed by atoms with Crippen LogP contribution in [0.4, 0.5) is 0 Å². The van der Waals surface area contributed by atoms with Gasteiger partial charge in [-0.3, -0.25) is 0 Å². The Labute approximate surface area is 177 Å². The van der Waals surface area contributed by atoms with Gasteiger partial charge >= 0.3 is 0 Å². The molecule has 0 amide bonds. The van der Waals surface area contributed by atoms with Gasteiger partial charge in [-0.2, -0.15) is 0 Å². The molecular formula is C23H36Cl2N2. The summed E-state index contributed by atoms with van der Waals surface area (Å²) in [6.45, 7) is 12.2. The minimum Gasteiger partial charge on any atom is -1.00 e. The molecular weight excluding hydrogens is 375 g/mol. The van der Waals surface area contributed by atoms with Gasteiger partial charge in [0.2, 0.25) is 6.33 Å². The van der Waals surface area contributed by atoms with E-state index in [2.05, 4.69) is 68.7 Å². The van der Waals surface area contributed by atoms with E-state index in [1.165, 1.54) is 53.8 Å². The van der Waals surface area contributed by atoms with Crippen molar-refractivity contribution < 1.29 is 17.0 Å².